The standard InChI is InChI=1S/C26H25FN2O2S/c1-17(25(30)28-18(2)19-10-4-3-5-11-19)24-26(31)29(16-20-12-6-7-13-21(20)27)22-14-8-9-15-23(22)32-24/h3-15,17-18,24H,16H2,1-2H3,(H,28,30)/t17-,18-,24+/m0/s1. The number of rotatable bonds is 6. The first-order valence-electron chi connectivity index (χ1n) is 10.6. The van der Waals surface area contributed by atoms with Crippen molar-refractivity contribution >= 4 is 29.3 Å². The largest absolute Gasteiger partial charge is 0.349 e. The molecule has 0 fully saturated rings. The Labute approximate surface area is 191 Å². The van der Waals surface area contributed by atoms with Crippen LogP contribution in [-0.4, -0.2) is 17.1 Å². The minimum atomic E-state index is -0.598. The molecule has 0 saturated carbocycles. The minimum Gasteiger partial charge on any atom is -0.349 e. The van der Waals surface area contributed by atoms with Crippen molar-refractivity contribution in [3.8, 4) is 0 Å². The lowest BCUT2D eigenvalue weighted by Gasteiger charge is -2.36. The third-order valence-electron chi connectivity index (χ3n) is 5.73. The van der Waals surface area contributed by atoms with Crippen LogP contribution in [-0.2, 0) is 16.1 Å². The number of para-hydroxylation sites is 1. The molecule has 3 aromatic carbocycles. The Bertz CT molecular complexity index is 1120. The molecule has 0 unspecified atom stereocenters. The molecule has 4 rings (SSSR count). The lowest BCUT2D eigenvalue weighted by atomic mass is 10.0. The van der Waals surface area contributed by atoms with Crippen molar-refractivity contribution in [2.24, 2.45) is 5.92 Å². The molecule has 0 saturated heterocycles. The number of halogens is 1. The van der Waals surface area contributed by atoms with Gasteiger partial charge >= 0.3 is 0 Å². The Balaban J connectivity index is 1.57. The van der Waals surface area contributed by atoms with Gasteiger partial charge in [0.05, 0.1) is 24.2 Å². The van der Waals surface area contributed by atoms with Crippen LogP contribution in [0.25, 0.3) is 0 Å². The summed E-state index contributed by atoms with van der Waals surface area (Å²) in [5.74, 6) is -1.28. The van der Waals surface area contributed by atoms with Crippen molar-refractivity contribution < 1.29 is 14.0 Å². The van der Waals surface area contributed by atoms with Crippen LogP contribution in [0.5, 0.6) is 0 Å². The van der Waals surface area contributed by atoms with Gasteiger partial charge in [-0.1, -0.05) is 67.6 Å². The predicted octanol–water partition coefficient (Wildman–Crippen LogP) is 5.35. The molecule has 1 aliphatic heterocycles. The highest BCUT2D eigenvalue weighted by atomic mass is 32.2. The third-order valence-corrected chi connectivity index (χ3v) is 7.19. The molecular formula is C26H25FN2O2S. The number of benzene rings is 3. The molecule has 6 heteroatoms. The molecule has 4 nitrogen and oxygen atoms in total. The summed E-state index contributed by atoms with van der Waals surface area (Å²) < 4.78 is 14.3. The lowest BCUT2D eigenvalue weighted by molar-refractivity contribution is -0.128. The molecular weight excluding hydrogens is 423 g/mol. The van der Waals surface area contributed by atoms with Gasteiger partial charge in [-0.25, -0.2) is 4.39 Å². The summed E-state index contributed by atoms with van der Waals surface area (Å²) in [5.41, 5.74) is 2.19. The zero-order valence-electron chi connectivity index (χ0n) is 18.0. The van der Waals surface area contributed by atoms with E-state index in [-0.39, 0.29) is 30.2 Å². The highest BCUT2D eigenvalue weighted by Crippen LogP contribution is 2.42. The summed E-state index contributed by atoms with van der Waals surface area (Å²) in [6.45, 7) is 3.82. The van der Waals surface area contributed by atoms with Crippen molar-refractivity contribution in [1.82, 2.24) is 5.32 Å². The maximum absolute atomic E-state index is 14.3. The number of nitrogens with zero attached hydrogens (tertiary/aromatic N) is 1. The van der Waals surface area contributed by atoms with Crippen LogP contribution in [0.3, 0.4) is 0 Å². The maximum Gasteiger partial charge on any atom is 0.241 e. The van der Waals surface area contributed by atoms with E-state index < -0.39 is 11.2 Å². The van der Waals surface area contributed by atoms with Gasteiger partial charge < -0.3 is 10.2 Å². The van der Waals surface area contributed by atoms with Gasteiger partial charge in [0, 0.05) is 10.5 Å². The number of amides is 2. The number of carbonyl (C=O) groups excluding carboxylic acids is 2. The van der Waals surface area contributed by atoms with Gasteiger partial charge in [0.2, 0.25) is 11.8 Å². The van der Waals surface area contributed by atoms with Crippen molar-refractivity contribution in [1.29, 1.82) is 0 Å². The molecule has 0 spiro atoms. The first-order valence-corrected chi connectivity index (χ1v) is 11.5. The Hall–Kier alpha value is -3.12. The maximum atomic E-state index is 14.3. The van der Waals surface area contributed by atoms with Crippen LogP contribution in [0.4, 0.5) is 10.1 Å². The van der Waals surface area contributed by atoms with Gasteiger partial charge in [0.25, 0.3) is 0 Å². The smallest absolute Gasteiger partial charge is 0.241 e. The van der Waals surface area contributed by atoms with E-state index in [2.05, 4.69) is 5.32 Å². The Morgan fingerprint density at radius 3 is 2.41 bits per heavy atom. The molecule has 0 bridgehead atoms. The van der Waals surface area contributed by atoms with Gasteiger partial charge in [-0.15, -0.1) is 11.8 Å². The number of hydrogen-bond acceptors (Lipinski definition) is 3. The average molecular weight is 449 g/mol. The number of fused-ring (bicyclic) bond motifs is 1. The Kier molecular flexibility index (Phi) is 6.61. The number of nitrogens with one attached hydrogen (secondary N) is 1. The third kappa shape index (κ3) is 4.55. The van der Waals surface area contributed by atoms with E-state index in [0.29, 0.717) is 5.56 Å². The van der Waals surface area contributed by atoms with Crippen LogP contribution in [0.15, 0.2) is 83.8 Å². The number of anilines is 1. The number of hydrogen-bond donors (Lipinski definition) is 1. The topological polar surface area (TPSA) is 49.4 Å². The summed E-state index contributed by atoms with van der Waals surface area (Å²) in [5, 5.41) is 2.43. The zero-order valence-corrected chi connectivity index (χ0v) is 18.8. The quantitative estimate of drug-likeness (QED) is 0.553. The highest BCUT2D eigenvalue weighted by molar-refractivity contribution is 8.01. The van der Waals surface area contributed by atoms with Gasteiger partial charge in [0.1, 0.15) is 11.1 Å². The van der Waals surface area contributed by atoms with Crippen molar-refractivity contribution in [3.63, 3.8) is 0 Å². The van der Waals surface area contributed by atoms with Crippen LogP contribution in [0.1, 0.15) is 31.0 Å². The summed E-state index contributed by atoms with van der Waals surface area (Å²) in [7, 11) is 0. The van der Waals surface area contributed by atoms with Gasteiger partial charge in [0.15, 0.2) is 0 Å². The van der Waals surface area contributed by atoms with Crippen molar-refractivity contribution in [2.75, 3.05) is 4.90 Å². The van der Waals surface area contributed by atoms with Crippen LogP contribution in [0, 0.1) is 11.7 Å². The zero-order chi connectivity index (χ0) is 22.7. The van der Waals surface area contributed by atoms with E-state index >= 15 is 0 Å². The van der Waals surface area contributed by atoms with Crippen LogP contribution >= 0.6 is 11.8 Å². The van der Waals surface area contributed by atoms with Gasteiger partial charge in [-0.2, -0.15) is 0 Å². The summed E-state index contributed by atoms with van der Waals surface area (Å²) in [4.78, 5) is 29.1. The molecule has 2 amide bonds. The second-order valence-electron chi connectivity index (χ2n) is 7.95. The number of thioether (sulfide) groups is 1. The molecule has 3 aromatic rings. The van der Waals surface area contributed by atoms with E-state index in [9.17, 15) is 14.0 Å². The van der Waals surface area contributed by atoms with Crippen LogP contribution < -0.4 is 10.2 Å². The second kappa shape index (κ2) is 9.57. The molecule has 1 aliphatic rings. The molecule has 0 aliphatic carbocycles. The minimum absolute atomic E-state index is 0.119. The van der Waals surface area contributed by atoms with E-state index in [1.807, 2.05) is 61.5 Å². The average Bonchev–Trinajstić information content (AvgIpc) is 2.82. The fraction of sp³-hybridized carbons (Fsp3) is 0.231. The summed E-state index contributed by atoms with van der Waals surface area (Å²) >= 11 is 1.40. The van der Waals surface area contributed by atoms with Crippen molar-refractivity contribution in [2.45, 2.75) is 36.6 Å². The van der Waals surface area contributed by atoms with E-state index in [0.717, 1.165) is 16.1 Å². The highest BCUT2D eigenvalue weighted by Gasteiger charge is 2.39. The SMILES string of the molecule is C[C@H](NC(=O)[C@@H](C)[C@H]1Sc2ccccc2N(Cc2ccccc2F)C1=O)c1ccccc1. The molecule has 32 heavy (non-hydrogen) atoms. The molecule has 3 atom stereocenters. The molecule has 0 aromatic heterocycles. The van der Waals surface area contributed by atoms with Crippen molar-refractivity contribution in [3.05, 3.63) is 95.8 Å². The molecule has 1 heterocycles. The van der Waals surface area contributed by atoms with Gasteiger partial charge in [-0.05, 0) is 30.7 Å². The van der Waals surface area contributed by atoms with Crippen LogP contribution in [0.2, 0.25) is 0 Å². The number of carbonyl (C=O) groups is 2. The normalized spacial score (nSPS) is 17.4. The molecule has 0 radical (unpaired) electrons. The monoisotopic (exact) mass is 448 g/mol. The van der Waals surface area contributed by atoms with E-state index in [1.165, 1.54) is 17.8 Å². The second-order valence-corrected chi connectivity index (χ2v) is 9.14. The Morgan fingerprint density at radius 2 is 1.66 bits per heavy atom. The fourth-order valence-electron chi connectivity index (χ4n) is 3.82. The fourth-order valence-corrected chi connectivity index (χ4v) is 5.11. The van der Waals surface area contributed by atoms with E-state index in [1.54, 1.807) is 30.0 Å². The lowest BCUT2D eigenvalue weighted by Crippen LogP contribution is -2.47. The first-order chi connectivity index (χ1) is 15.5. The summed E-state index contributed by atoms with van der Waals surface area (Å²) in [6.07, 6.45) is 0. The summed E-state index contributed by atoms with van der Waals surface area (Å²) in [6, 6.07) is 23.6. The Morgan fingerprint density at radius 1 is 1.00 bits per heavy atom. The van der Waals surface area contributed by atoms with E-state index in [4.69, 9.17) is 0 Å². The first kappa shape index (κ1) is 22.1. The molecule has 1 N–H and O–H groups in total. The molecule has 164 valence electrons. The van der Waals surface area contributed by atoms with Gasteiger partial charge in [-0.3, -0.25) is 9.59 Å². The predicted molar refractivity (Wildman–Crippen MR) is 126 cm³/mol.